The van der Waals surface area contributed by atoms with Gasteiger partial charge in [-0.05, 0) is 58.2 Å². The Morgan fingerprint density at radius 1 is 0.852 bits per heavy atom. The number of nitrogens with zero attached hydrogens (tertiary/aromatic N) is 1. The molecule has 2 aromatic heterocycles. The fourth-order valence-corrected chi connectivity index (χ4v) is 4.09. The molecular formula is C23H22BNO2. The maximum absolute atomic E-state index is 6.33. The van der Waals surface area contributed by atoms with E-state index in [-0.39, 0.29) is 17.5 Å². The largest absolute Gasteiger partial charge is 0.560 e. The van der Waals surface area contributed by atoms with Gasteiger partial charge in [0.05, 0.1) is 5.75 Å². The first-order valence-corrected chi connectivity index (χ1v) is 9.42. The monoisotopic (exact) mass is 355 g/mol. The lowest BCUT2D eigenvalue weighted by Gasteiger charge is -2.09. The Morgan fingerprint density at radius 3 is 2.41 bits per heavy atom. The second kappa shape index (κ2) is 5.38. The highest BCUT2D eigenvalue weighted by Gasteiger charge is 2.72. The molecule has 5 rings (SSSR count). The van der Waals surface area contributed by atoms with Gasteiger partial charge in [-0.15, -0.1) is 0 Å². The summed E-state index contributed by atoms with van der Waals surface area (Å²) in [5.74, 6) is 0.923. The minimum absolute atomic E-state index is 0.198. The van der Waals surface area contributed by atoms with Crippen molar-refractivity contribution in [3.63, 3.8) is 0 Å². The summed E-state index contributed by atoms with van der Waals surface area (Å²) in [5.41, 5.74) is 4.86. The lowest BCUT2D eigenvalue weighted by atomic mass is 9.78. The number of fused-ring (bicyclic) bond motifs is 3. The average molecular weight is 355 g/mol. The van der Waals surface area contributed by atoms with Gasteiger partial charge in [0.15, 0.2) is 5.58 Å². The lowest BCUT2D eigenvalue weighted by molar-refractivity contribution is 0.580. The molecule has 0 aliphatic carbocycles. The van der Waals surface area contributed by atoms with Crippen LogP contribution in [0.15, 0.2) is 65.2 Å². The Bertz CT molecular complexity index is 1160. The van der Waals surface area contributed by atoms with Crippen molar-refractivity contribution in [1.29, 1.82) is 0 Å². The number of rotatable bonds is 3. The first kappa shape index (κ1) is 16.4. The van der Waals surface area contributed by atoms with Crippen molar-refractivity contribution in [3.05, 3.63) is 60.8 Å². The maximum Gasteiger partial charge on any atom is 0.369 e. The summed E-state index contributed by atoms with van der Waals surface area (Å²) in [6, 6.07) is 18.5. The predicted molar refractivity (Wildman–Crippen MR) is 111 cm³/mol. The summed E-state index contributed by atoms with van der Waals surface area (Å²) < 4.78 is 12.2. The van der Waals surface area contributed by atoms with Gasteiger partial charge >= 0.3 is 6.92 Å². The van der Waals surface area contributed by atoms with E-state index in [2.05, 4.69) is 63.0 Å². The number of hydrogen-bond acceptors (Lipinski definition) is 3. The Kier molecular flexibility index (Phi) is 3.28. The summed E-state index contributed by atoms with van der Waals surface area (Å²) in [7, 11) is 0. The fourth-order valence-electron chi connectivity index (χ4n) is 4.09. The zero-order valence-corrected chi connectivity index (χ0v) is 16.1. The average Bonchev–Trinajstić information content (AvgIpc) is 2.96. The molecule has 0 bridgehead atoms. The second-order valence-corrected chi connectivity index (χ2v) is 8.63. The topological polar surface area (TPSA) is 35.3 Å². The van der Waals surface area contributed by atoms with E-state index in [0.29, 0.717) is 0 Å². The van der Waals surface area contributed by atoms with Gasteiger partial charge in [-0.1, -0.05) is 45.9 Å². The van der Waals surface area contributed by atoms with Gasteiger partial charge in [0.25, 0.3) is 0 Å². The predicted octanol–water partition coefficient (Wildman–Crippen LogP) is 6.59. The number of hydrogen-bond donors (Lipinski definition) is 0. The minimum Gasteiger partial charge on any atom is -0.560 e. The van der Waals surface area contributed by atoms with Crippen LogP contribution in [0.1, 0.15) is 27.7 Å². The molecule has 0 N–H and O–H groups in total. The molecule has 0 radical (unpaired) electrons. The van der Waals surface area contributed by atoms with Crippen LogP contribution in [0.25, 0.3) is 33.2 Å². The van der Waals surface area contributed by atoms with Gasteiger partial charge in [0.2, 0.25) is 0 Å². The van der Waals surface area contributed by atoms with Crippen LogP contribution in [0.3, 0.4) is 0 Å². The third-order valence-corrected chi connectivity index (χ3v) is 6.53. The van der Waals surface area contributed by atoms with E-state index < -0.39 is 0 Å². The van der Waals surface area contributed by atoms with E-state index in [0.717, 1.165) is 38.9 Å². The normalized spacial score (nSPS) is 17.4. The molecule has 0 unspecified atom stereocenters. The van der Waals surface area contributed by atoms with Crippen LogP contribution in [0.5, 0.6) is 5.75 Å². The van der Waals surface area contributed by atoms with Gasteiger partial charge in [-0.3, -0.25) is 4.98 Å². The number of pyridine rings is 1. The van der Waals surface area contributed by atoms with Crippen LogP contribution in [-0.2, 0) is 0 Å². The summed E-state index contributed by atoms with van der Waals surface area (Å²) >= 11 is 0. The molecule has 2 aromatic carbocycles. The standard InChI is InChI=1S/C23H22BNO2/c1-22(2)23(3,4)24(22)27-17-8-5-7-15(13-17)16-10-11-19-18(14-16)21-20(26-19)9-6-12-25-21/h5-14H,1-4H3. The number of furan rings is 1. The van der Waals surface area contributed by atoms with Gasteiger partial charge in [0.1, 0.15) is 11.1 Å². The second-order valence-electron chi connectivity index (χ2n) is 8.63. The van der Waals surface area contributed by atoms with Gasteiger partial charge in [-0.25, -0.2) is 0 Å². The van der Waals surface area contributed by atoms with Crippen molar-refractivity contribution < 1.29 is 9.07 Å². The van der Waals surface area contributed by atoms with Crippen molar-refractivity contribution in [2.24, 2.45) is 0 Å². The third kappa shape index (κ3) is 2.39. The Labute approximate surface area is 159 Å². The first-order valence-electron chi connectivity index (χ1n) is 9.42. The van der Waals surface area contributed by atoms with Gasteiger partial charge in [-0.2, -0.15) is 0 Å². The summed E-state index contributed by atoms with van der Waals surface area (Å²) in [4.78, 5) is 4.48. The van der Waals surface area contributed by atoms with Crippen LogP contribution in [0.4, 0.5) is 0 Å². The Hall–Kier alpha value is -2.75. The minimum atomic E-state index is 0.198. The van der Waals surface area contributed by atoms with E-state index in [9.17, 15) is 0 Å². The van der Waals surface area contributed by atoms with E-state index in [4.69, 9.17) is 9.07 Å². The smallest absolute Gasteiger partial charge is 0.369 e. The molecule has 27 heavy (non-hydrogen) atoms. The fraction of sp³-hybridized carbons (Fsp3) is 0.261. The van der Waals surface area contributed by atoms with Gasteiger partial charge in [0, 0.05) is 11.6 Å². The number of aromatic nitrogens is 1. The van der Waals surface area contributed by atoms with Crippen LogP contribution in [-0.4, -0.2) is 11.9 Å². The molecule has 1 saturated heterocycles. The van der Waals surface area contributed by atoms with Crippen LogP contribution in [0, 0.1) is 0 Å². The van der Waals surface area contributed by atoms with Gasteiger partial charge < -0.3 is 9.07 Å². The highest BCUT2D eigenvalue weighted by Crippen LogP contribution is 2.73. The molecular weight excluding hydrogens is 333 g/mol. The molecule has 134 valence electrons. The summed E-state index contributed by atoms with van der Waals surface area (Å²) in [5, 5.41) is 1.44. The molecule has 3 nitrogen and oxygen atoms in total. The summed E-state index contributed by atoms with van der Waals surface area (Å²) in [6.07, 6.45) is 1.80. The molecule has 1 aliphatic heterocycles. The highest BCUT2D eigenvalue weighted by atomic mass is 16.4. The quantitative estimate of drug-likeness (QED) is 0.389. The first-order chi connectivity index (χ1) is 12.9. The third-order valence-electron chi connectivity index (χ3n) is 6.53. The van der Waals surface area contributed by atoms with Crippen LogP contribution < -0.4 is 4.65 Å². The molecule has 4 heteroatoms. The molecule has 0 atom stereocenters. The zero-order chi connectivity index (χ0) is 18.8. The molecule has 0 spiro atoms. The van der Waals surface area contributed by atoms with Crippen LogP contribution in [0.2, 0.25) is 10.6 Å². The molecule has 3 heterocycles. The van der Waals surface area contributed by atoms with E-state index >= 15 is 0 Å². The molecule has 1 fully saturated rings. The highest BCUT2D eigenvalue weighted by molar-refractivity contribution is 6.73. The lowest BCUT2D eigenvalue weighted by Crippen LogP contribution is -2.09. The summed E-state index contributed by atoms with van der Waals surface area (Å²) in [6.45, 7) is 9.32. The van der Waals surface area contributed by atoms with E-state index in [1.54, 1.807) is 6.20 Å². The molecule has 4 aromatic rings. The van der Waals surface area contributed by atoms with Crippen LogP contribution >= 0.6 is 0 Å². The van der Waals surface area contributed by atoms with Crippen molar-refractivity contribution in [1.82, 2.24) is 4.98 Å². The van der Waals surface area contributed by atoms with Crippen molar-refractivity contribution in [3.8, 4) is 16.9 Å². The van der Waals surface area contributed by atoms with Crippen molar-refractivity contribution in [2.75, 3.05) is 0 Å². The zero-order valence-electron chi connectivity index (χ0n) is 16.1. The van der Waals surface area contributed by atoms with E-state index in [1.807, 2.05) is 24.3 Å². The Balaban J connectivity index is 1.52. The molecule has 1 aliphatic rings. The van der Waals surface area contributed by atoms with Crippen molar-refractivity contribution >= 4 is 29.0 Å². The molecule has 0 saturated carbocycles. The number of benzene rings is 2. The SMILES string of the molecule is CC1(C)B(Oc2cccc(-c3ccc4oc5cccnc5c4c3)c2)C1(C)C. The van der Waals surface area contributed by atoms with Crippen molar-refractivity contribution in [2.45, 2.75) is 38.3 Å². The Morgan fingerprint density at radius 2 is 1.63 bits per heavy atom. The molecule has 0 amide bonds. The maximum atomic E-state index is 6.33. The van der Waals surface area contributed by atoms with E-state index in [1.165, 1.54) is 0 Å².